The van der Waals surface area contributed by atoms with Gasteiger partial charge in [-0.05, 0) is 49.3 Å². The largest absolute Gasteiger partial charge is 0.371 e. The van der Waals surface area contributed by atoms with Crippen LogP contribution in [0.15, 0.2) is 18.2 Å². The molecule has 1 aliphatic carbocycles. The van der Waals surface area contributed by atoms with E-state index in [-0.39, 0.29) is 0 Å². The fourth-order valence-electron chi connectivity index (χ4n) is 2.86. The molecule has 1 saturated carbocycles. The second-order valence-corrected chi connectivity index (χ2v) is 6.72. The first kappa shape index (κ1) is 14.2. The van der Waals surface area contributed by atoms with Crippen LogP contribution >= 0.6 is 11.6 Å². The molecule has 1 aromatic carbocycles. The van der Waals surface area contributed by atoms with Crippen molar-refractivity contribution in [3.05, 3.63) is 28.8 Å². The molecule has 2 rings (SSSR count). The van der Waals surface area contributed by atoms with Crippen LogP contribution < -0.4 is 4.90 Å². The Morgan fingerprint density at radius 1 is 1.32 bits per heavy atom. The average molecular weight is 277 g/mol. The molecule has 0 N–H and O–H groups in total. The molecule has 0 unspecified atom stereocenters. The van der Waals surface area contributed by atoms with E-state index in [0.717, 1.165) is 5.69 Å². The molecule has 19 heavy (non-hydrogen) atoms. The summed E-state index contributed by atoms with van der Waals surface area (Å²) in [6, 6.07) is 8.26. The van der Waals surface area contributed by atoms with E-state index in [1.165, 1.54) is 25.7 Å². The van der Waals surface area contributed by atoms with Gasteiger partial charge >= 0.3 is 0 Å². The molecular formula is C16H21ClN2. The first-order valence-electron chi connectivity index (χ1n) is 6.85. The van der Waals surface area contributed by atoms with Crippen LogP contribution in [0.25, 0.3) is 0 Å². The molecule has 0 heterocycles. The van der Waals surface area contributed by atoms with Crippen LogP contribution in [0.3, 0.4) is 0 Å². The van der Waals surface area contributed by atoms with E-state index in [2.05, 4.69) is 31.9 Å². The lowest BCUT2D eigenvalue weighted by atomic mass is 9.75. The summed E-state index contributed by atoms with van der Waals surface area (Å²) in [5, 5.41) is 9.91. The van der Waals surface area contributed by atoms with Gasteiger partial charge in [0.15, 0.2) is 0 Å². The van der Waals surface area contributed by atoms with Gasteiger partial charge in [0.2, 0.25) is 0 Å². The topological polar surface area (TPSA) is 27.0 Å². The number of hydrogen-bond acceptors (Lipinski definition) is 2. The van der Waals surface area contributed by atoms with Gasteiger partial charge in [0.25, 0.3) is 0 Å². The summed E-state index contributed by atoms with van der Waals surface area (Å²) >= 11 is 6.07. The molecule has 0 aromatic heterocycles. The molecule has 0 spiro atoms. The van der Waals surface area contributed by atoms with Crippen molar-refractivity contribution in [2.24, 2.45) is 5.41 Å². The van der Waals surface area contributed by atoms with Crippen LogP contribution in [-0.4, -0.2) is 13.1 Å². The maximum absolute atomic E-state index is 9.22. The minimum absolute atomic E-state index is 0.462. The third kappa shape index (κ3) is 3.22. The number of nitrogens with zero attached hydrogens (tertiary/aromatic N) is 2. The fraction of sp³-hybridized carbons (Fsp3) is 0.562. The number of nitriles is 1. The Morgan fingerprint density at radius 3 is 2.53 bits per heavy atom. The van der Waals surface area contributed by atoms with E-state index in [1.807, 2.05) is 6.07 Å². The zero-order valence-electron chi connectivity index (χ0n) is 11.9. The third-order valence-electron chi connectivity index (χ3n) is 4.32. The maximum Gasteiger partial charge on any atom is 0.101 e. The summed E-state index contributed by atoms with van der Waals surface area (Å²) in [4.78, 5) is 2.24. The smallest absolute Gasteiger partial charge is 0.101 e. The van der Waals surface area contributed by atoms with E-state index in [4.69, 9.17) is 11.6 Å². The van der Waals surface area contributed by atoms with Gasteiger partial charge in [-0.1, -0.05) is 25.4 Å². The van der Waals surface area contributed by atoms with Crippen molar-refractivity contribution >= 4 is 17.3 Å². The van der Waals surface area contributed by atoms with Crippen molar-refractivity contribution in [2.45, 2.75) is 45.6 Å². The molecule has 0 radical (unpaired) electrons. The van der Waals surface area contributed by atoms with Crippen molar-refractivity contribution in [3.8, 4) is 6.07 Å². The zero-order chi connectivity index (χ0) is 14.0. The van der Waals surface area contributed by atoms with Crippen LogP contribution in [0.1, 0.15) is 45.1 Å². The van der Waals surface area contributed by atoms with E-state index in [0.29, 0.717) is 22.0 Å². The molecule has 0 atom stereocenters. The summed E-state index contributed by atoms with van der Waals surface area (Å²) < 4.78 is 0. The summed E-state index contributed by atoms with van der Waals surface area (Å²) in [6.45, 7) is 4.67. The summed E-state index contributed by atoms with van der Waals surface area (Å²) in [5.74, 6) is 0. The van der Waals surface area contributed by atoms with Gasteiger partial charge in [-0.2, -0.15) is 5.26 Å². The Labute approximate surface area is 121 Å². The molecular weight excluding hydrogens is 256 g/mol. The molecule has 1 aromatic rings. The highest BCUT2D eigenvalue weighted by Crippen LogP contribution is 2.38. The summed E-state index contributed by atoms with van der Waals surface area (Å²) in [6.07, 6.45) is 4.84. The number of hydrogen-bond donors (Lipinski definition) is 0. The number of rotatable bonds is 2. The number of benzene rings is 1. The average Bonchev–Trinajstić information content (AvgIpc) is 2.38. The normalized spacial score (nSPS) is 18.9. The first-order chi connectivity index (χ1) is 8.93. The second-order valence-electron chi connectivity index (χ2n) is 6.28. The molecule has 102 valence electrons. The van der Waals surface area contributed by atoms with Crippen LogP contribution in [-0.2, 0) is 0 Å². The Kier molecular flexibility index (Phi) is 4.06. The van der Waals surface area contributed by atoms with Gasteiger partial charge in [-0.15, -0.1) is 0 Å². The lowest BCUT2D eigenvalue weighted by Crippen LogP contribution is -2.37. The van der Waals surface area contributed by atoms with E-state index >= 15 is 0 Å². The van der Waals surface area contributed by atoms with Gasteiger partial charge in [0.05, 0.1) is 11.3 Å². The van der Waals surface area contributed by atoms with Gasteiger partial charge < -0.3 is 4.90 Å². The van der Waals surface area contributed by atoms with Gasteiger partial charge in [0.1, 0.15) is 6.07 Å². The van der Waals surface area contributed by atoms with Crippen molar-refractivity contribution in [1.82, 2.24) is 0 Å². The molecule has 1 fully saturated rings. The molecule has 3 heteroatoms. The highest BCUT2D eigenvalue weighted by atomic mass is 35.5. The number of anilines is 1. The highest BCUT2D eigenvalue weighted by molar-refractivity contribution is 6.30. The maximum atomic E-state index is 9.22. The predicted octanol–water partition coefficient (Wildman–Crippen LogP) is 4.62. The molecule has 1 aliphatic rings. The fourth-order valence-corrected chi connectivity index (χ4v) is 3.03. The second kappa shape index (κ2) is 5.43. The minimum atomic E-state index is 0.462. The SMILES string of the molecule is CN(c1cc(Cl)ccc1C#N)C1CCC(C)(C)CC1. The molecule has 0 bridgehead atoms. The van der Waals surface area contributed by atoms with Crippen molar-refractivity contribution in [1.29, 1.82) is 5.26 Å². The van der Waals surface area contributed by atoms with E-state index in [1.54, 1.807) is 12.1 Å². The van der Waals surface area contributed by atoms with Gasteiger partial charge in [-0.3, -0.25) is 0 Å². The molecule has 2 nitrogen and oxygen atoms in total. The van der Waals surface area contributed by atoms with Gasteiger partial charge in [-0.25, -0.2) is 0 Å². The van der Waals surface area contributed by atoms with Crippen molar-refractivity contribution in [2.75, 3.05) is 11.9 Å². The van der Waals surface area contributed by atoms with Crippen LogP contribution in [0.4, 0.5) is 5.69 Å². The molecule has 0 amide bonds. The van der Waals surface area contributed by atoms with E-state index < -0.39 is 0 Å². The van der Waals surface area contributed by atoms with Crippen LogP contribution in [0.5, 0.6) is 0 Å². The highest BCUT2D eigenvalue weighted by Gasteiger charge is 2.29. The monoisotopic (exact) mass is 276 g/mol. The Hall–Kier alpha value is -1.20. The Balaban J connectivity index is 2.19. The molecule has 0 aliphatic heterocycles. The van der Waals surface area contributed by atoms with Crippen molar-refractivity contribution in [3.63, 3.8) is 0 Å². The third-order valence-corrected chi connectivity index (χ3v) is 4.55. The van der Waals surface area contributed by atoms with E-state index in [9.17, 15) is 5.26 Å². The number of halogens is 1. The minimum Gasteiger partial charge on any atom is -0.371 e. The zero-order valence-corrected chi connectivity index (χ0v) is 12.7. The standard InChI is InChI=1S/C16H21ClN2/c1-16(2)8-6-14(7-9-16)19(3)15-10-13(17)5-4-12(15)11-18/h4-5,10,14H,6-9H2,1-3H3. The summed E-state index contributed by atoms with van der Waals surface area (Å²) in [5.41, 5.74) is 2.13. The predicted molar refractivity (Wildman–Crippen MR) is 80.6 cm³/mol. The Morgan fingerprint density at radius 2 is 1.95 bits per heavy atom. The lowest BCUT2D eigenvalue weighted by molar-refractivity contribution is 0.222. The molecule has 0 saturated heterocycles. The quantitative estimate of drug-likeness (QED) is 0.788. The van der Waals surface area contributed by atoms with Crippen LogP contribution in [0, 0.1) is 16.7 Å². The first-order valence-corrected chi connectivity index (χ1v) is 7.23. The van der Waals surface area contributed by atoms with Crippen LogP contribution in [0.2, 0.25) is 5.02 Å². The van der Waals surface area contributed by atoms with Gasteiger partial charge in [0, 0.05) is 18.1 Å². The summed E-state index contributed by atoms with van der Waals surface area (Å²) in [7, 11) is 2.08. The lowest BCUT2D eigenvalue weighted by Gasteiger charge is -2.39. The van der Waals surface area contributed by atoms with Crippen molar-refractivity contribution < 1.29 is 0 Å². The Bertz CT molecular complexity index is 492.